The average molecular weight is 484 g/mol. The monoisotopic (exact) mass is 483 g/mol. The van der Waals surface area contributed by atoms with E-state index in [1.807, 2.05) is 31.2 Å². The van der Waals surface area contributed by atoms with Crippen LogP contribution in [0.25, 0.3) is 0 Å². The van der Waals surface area contributed by atoms with E-state index < -0.39 is 0 Å². The number of thioether (sulfide) groups is 1. The highest BCUT2D eigenvalue weighted by Gasteiger charge is 2.37. The Bertz CT molecular complexity index is 1130. The van der Waals surface area contributed by atoms with Crippen molar-refractivity contribution in [1.82, 2.24) is 9.80 Å². The molecule has 0 spiro atoms. The average Bonchev–Trinajstić information content (AvgIpc) is 2.79. The van der Waals surface area contributed by atoms with Gasteiger partial charge in [0.15, 0.2) is 5.17 Å². The number of allylic oxidation sites excluding steroid dienone is 1. The third-order valence-corrected chi connectivity index (χ3v) is 6.79. The van der Waals surface area contributed by atoms with Crippen LogP contribution in [-0.4, -0.2) is 53.3 Å². The molecule has 0 aliphatic carbocycles. The minimum atomic E-state index is -0.356. The zero-order valence-corrected chi connectivity index (χ0v) is 20.3. The maximum absolute atomic E-state index is 13.1. The minimum Gasteiger partial charge on any atom is -0.345 e. The van der Waals surface area contributed by atoms with Crippen LogP contribution in [0.15, 0.2) is 64.8 Å². The molecule has 2 heterocycles. The SMILES string of the molecule is CC1=C(C(=O)N(C)C)C(c2cccc(NC(=O)Nc3ccc(Cl)cc3)c2)N2CCCSC2=N1. The molecule has 1 unspecified atom stereocenters. The zero-order chi connectivity index (χ0) is 23.5. The number of rotatable bonds is 4. The number of benzene rings is 2. The van der Waals surface area contributed by atoms with Gasteiger partial charge in [0, 0.05) is 42.8 Å². The molecule has 0 radical (unpaired) electrons. The second-order valence-corrected chi connectivity index (χ2v) is 9.60. The molecule has 9 heteroatoms. The van der Waals surface area contributed by atoms with Gasteiger partial charge >= 0.3 is 6.03 Å². The van der Waals surface area contributed by atoms with E-state index in [4.69, 9.17) is 16.6 Å². The lowest BCUT2D eigenvalue weighted by Gasteiger charge is -2.41. The largest absolute Gasteiger partial charge is 0.345 e. The van der Waals surface area contributed by atoms with Gasteiger partial charge in [-0.15, -0.1) is 0 Å². The van der Waals surface area contributed by atoms with Crippen LogP contribution in [0.4, 0.5) is 16.2 Å². The van der Waals surface area contributed by atoms with Gasteiger partial charge in [0.2, 0.25) is 0 Å². The van der Waals surface area contributed by atoms with Crippen molar-refractivity contribution in [3.8, 4) is 0 Å². The van der Waals surface area contributed by atoms with Crippen molar-refractivity contribution >= 4 is 51.8 Å². The number of halogens is 1. The predicted molar refractivity (Wildman–Crippen MR) is 136 cm³/mol. The number of fused-ring (bicyclic) bond motifs is 1. The van der Waals surface area contributed by atoms with Crippen LogP contribution in [0.2, 0.25) is 5.02 Å². The number of hydrogen-bond acceptors (Lipinski definition) is 5. The van der Waals surface area contributed by atoms with Gasteiger partial charge < -0.3 is 20.4 Å². The molecule has 3 amide bonds. The Morgan fingerprint density at radius 1 is 1.12 bits per heavy atom. The maximum Gasteiger partial charge on any atom is 0.323 e. The van der Waals surface area contributed by atoms with E-state index in [9.17, 15) is 9.59 Å². The molecular formula is C24H26ClN5O2S. The third-order valence-electron chi connectivity index (χ3n) is 5.46. The van der Waals surface area contributed by atoms with E-state index >= 15 is 0 Å². The molecule has 33 heavy (non-hydrogen) atoms. The van der Waals surface area contributed by atoms with Gasteiger partial charge in [0.05, 0.1) is 17.3 Å². The van der Waals surface area contributed by atoms with Gasteiger partial charge in [0.25, 0.3) is 5.91 Å². The first-order valence-electron chi connectivity index (χ1n) is 10.7. The van der Waals surface area contributed by atoms with Gasteiger partial charge in [-0.2, -0.15) is 0 Å². The number of urea groups is 1. The first-order chi connectivity index (χ1) is 15.8. The molecule has 7 nitrogen and oxygen atoms in total. The second kappa shape index (κ2) is 9.89. The van der Waals surface area contributed by atoms with Crippen LogP contribution in [0.3, 0.4) is 0 Å². The number of carbonyl (C=O) groups excluding carboxylic acids is 2. The smallest absolute Gasteiger partial charge is 0.323 e. The highest BCUT2D eigenvalue weighted by atomic mass is 35.5. The van der Waals surface area contributed by atoms with Crippen molar-refractivity contribution in [3.05, 3.63) is 70.4 Å². The summed E-state index contributed by atoms with van der Waals surface area (Å²) in [4.78, 5) is 34.2. The van der Waals surface area contributed by atoms with Gasteiger partial charge in [0.1, 0.15) is 0 Å². The highest BCUT2D eigenvalue weighted by Crippen LogP contribution is 2.40. The summed E-state index contributed by atoms with van der Waals surface area (Å²) in [7, 11) is 3.51. The Hall–Kier alpha value is -2.97. The molecule has 2 aliphatic rings. The van der Waals surface area contributed by atoms with Crippen LogP contribution in [0.1, 0.15) is 24.9 Å². The summed E-state index contributed by atoms with van der Waals surface area (Å²) in [6, 6.07) is 13.9. The van der Waals surface area contributed by atoms with Crippen molar-refractivity contribution in [3.63, 3.8) is 0 Å². The summed E-state index contributed by atoms with van der Waals surface area (Å²) in [5.74, 6) is 0.952. The van der Waals surface area contributed by atoms with Crippen molar-refractivity contribution in [2.24, 2.45) is 4.99 Å². The first kappa shape index (κ1) is 23.2. The molecular weight excluding hydrogens is 458 g/mol. The number of amidine groups is 1. The predicted octanol–water partition coefficient (Wildman–Crippen LogP) is 5.20. The molecule has 2 aliphatic heterocycles. The van der Waals surface area contributed by atoms with Gasteiger partial charge in [-0.1, -0.05) is 35.5 Å². The number of aliphatic imine (C=N–C) groups is 1. The zero-order valence-electron chi connectivity index (χ0n) is 18.8. The summed E-state index contributed by atoms with van der Waals surface area (Å²) in [5.41, 5.74) is 3.61. The Kier molecular flexibility index (Phi) is 6.95. The molecule has 172 valence electrons. The van der Waals surface area contributed by atoms with Crippen LogP contribution < -0.4 is 10.6 Å². The maximum atomic E-state index is 13.1. The first-order valence-corrected chi connectivity index (χ1v) is 12.0. The fraction of sp³-hybridized carbons (Fsp3) is 0.292. The Morgan fingerprint density at radius 2 is 1.85 bits per heavy atom. The standard InChI is InChI=1S/C24H26ClN5O2S/c1-15-20(22(31)29(2)3)21(30-12-5-13-33-24(30)26-15)16-6-4-7-19(14-16)28-23(32)27-18-10-8-17(25)9-11-18/h4,6-11,14,21H,5,12-13H2,1-3H3,(H2,27,28,32). The molecule has 0 saturated carbocycles. The molecule has 1 saturated heterocycles. The minimum absolute atomic E-state index is 0.0604. The molecule has 0 aromatic heterocycles. The summed E-state index contributed by atoms with van der Waals surface area (Å²) in [6.45, 7) is 2.72. The fourth-order valence-corrected chi connectivity index (χ4v) is 5.09. The lowest BCUT2D eigenvalue weighted by atomic mass is 9.93. The highest BCUT2D eigenvalue weighted by molar-refractivity contribution is 8.13. The summed E-state index contributed by atoms with van der Waals surface area (Å²) in [5, 5.41) is 7.23. The molecule has 1 fully saturated rings. The third kappa shape index (κ3) is 5.17. The normalized spacial score (nSPS) is 17.8. The van der Waals surface area contributed by atoms with E-state index in [-0.39, 0.29) is 18.0 Å². The topological polar surface area (TPSA) is 77.0 Å². The summed E-state index contributed by atoms with van der Waals surface area (Å²) in [6.07, 6.45) is 1.02. The summed E-state index contributed by atoms with van der Waals surface area (Å²) >= 11 is 7.62. The molecule has 1 atom stereocenters. The van der Waals surface area contributed by atoms with E-state index in [2.05, 4.69) is 15.5 Å². The van der Waals surface area contributed by atoms with Crippen molar-refractivity contribution in [1.29, 1.82) is 0 Å². The second-order valence-electron chi connectivity index (χ2n) is 8.10. The van der Waals surface area contributed by atoms with Crippen molar-refractivity contribution in [2.75, 3.05) is 37.0 Å². The fourth-order valence-electron chi connectivity index (χ4n) is 3.94. The van der Waals surface area contributed by atoms with E-state index in [0.29, 0.717) is 22.0 Å². The number of nitrogens with one attached hydrogen (secondary N) is 2. The van der Waals surface area contributed by atoms with Crippen molar-refractivity contribution < 1.29 is 9.59 Å². The number of carbonyl (C=O) groups is 2. The summed E-state index contributed by atoms with van der Waals surface area (Å²) < 4.78 is 0. The van der Waals surface area contributed by atoms with Crippen LogP contribution in [0.5, 0.6) is 0 Å². The van der Waals surface area contributed by atoms with Gasteiger partial charge in [-0.25, -0.2) is 9.79 Å². The Labute approximate surface area is 202 Å². The molecule has 2 N–H and O–H groups in total. The van der Waals surface area contributed by atoms with Crippen molar-refractivity contribution in [2.45, 2.75) is 19.4 Å². The van der Waals surface area contributed by atoms with Crippen LogP contribution >= 0.6 is 23.4 Å². The van der Waals surface area contributed by atoms with Gasteiger partial charge in [-0.05, 0) is 55.3 Å². The quantitative estimate of drug-likeness (QED) is 0.627. The van der Waals surface area contributed by atoms with Crippen LogP contribution in [-0.2, 0) is 4.79 Å². The number of anilines is 2. The Balaban J connectivity index is 1.62. The van der Waals surface area contributed by atoms with Crippen LogP contribution in [0, 0.1) is 0 Å². The number of nitrogens with zero attached hydrogens (tertiary/aromatic N) is 3. The van der Waals surface area contributed by atoms with E-state index in [1.165, 1.54) is 0 Å². The Morgan fingerprint density at radius 3 is 2.58 bits per heavy atom. The molecule has 4 rings (SSSR count). The lowest BCUT2D eigenvalue weighted by molar-refractivity contribution is -0.125. The van der Waals surface area contributed by atoms with E-state index in [1.54, 1.807) is 55.0 Å². The number of likely N-dealkylation sites (N-methyl/N-ethyl adjacent to an activating group) is 1. The number of amides is 3. The molecule has 2 aromatic carbocycles. The molecule has 0 bridgehead atoms. The number of hydrogen-bond donors (Lipinski definition) is 2. The molecule has 2 aromatic rings. The van der Waals surface area contributed by atoms with E-state index in [0.717, 1.165) is 35.1 Å². The van der Waals surface area contributed by atoms with Gasteiger partial charge in [-0.3, -0.25) is 4.79 Å². The lowest BCUT2D eigenvalue weighted by Crippen LogP contribution is -2.43.